The summed E-state index contributed by atoms with van der Waals surface area (Å²) in [7, 11) is 3.79. The van der Waals surface area contributed by atoms with E-state index in [1.54, 1.807) is 25.7 Å². The number of hydrogen-bond acceptors (Lipinski definition) is 10. The predicted octanol–water partition coefficient (Wildman–Crippen LogP) is 7.92. The third kappa shape index (κ3) is 9.38. The molecular formula is C43H47N11O3. The lowest BCUT2D eigenvalue weighted by Gasteiger charge is -2.22. The van der Waals surface area contributed by atoms with E-state index >= 15 is 0 Å². The Kier molecular flexibility index (Phi) is 11.6. The Morgan fingerprint density at radius 2 is 1.49 bits per heavy atom. The summed E-state index contributed by atoms with van der Waals surface area (Å²) >= 11 is 0. The number of methoxy groups -OCH3 is 1. The normalized spacial score (nSPS) is 13.6. The average molecular weight is 766 g/mol. The lowest BCUT2D eigenvalue weighted by molar-refractivity contribution is 0.110. The number of fused-ring (bicyclic) bond motifs is 2. The first-order valence-electron chi connectivity index (χ1n) is 19.2. The smallest absolute Gasteiger partial charge is 0.219 e. The van der Waals surface area contributed by atoms with Gasteiger partial charge in [-0.15, -0.1) is 0 Å². The highest BCUT2D eigenvalue weighted by Gasteiger charge is 2.14. The molecule has 6 heterocycles. The maximum atomic E-state index is 6.01. The maximum absolute atomic E-state index is 6.01. The number of likely N-dealkylation sites (tertiary alicyclic amines) is 1. The first-order chi connectivity index (χ1) is 28.0. The van der Waals surface area contributed by atoms with Gasteiger partial charge in [0.05, 0.1) is 53.8 Å². The van der Waals surface area contributed by atoms with Gasteiger partial charge in [-0.1, -0.05) is 0 Å². The number of nitrogens with zero attached hydrogens (tertiary/aromatic N) is 8. The minimum absolute atomic E-state index is 0.317. The van der Waals surface area contributed by atoms with Crippen LogP contribution in [-0.2, 0) is 17.8 Å². The molecule has 14 nitrogen and oxygen atoms in total. The topological polar surface area (TPSA) is 151 Å². The number of benzene rings is 3. The van der Waals surface area contributed by atoms with Crippen molar-refractivity contribution in [2.75, 3.05) is 40.4 Å². The van der Waals surface area contributed by atoms with Gasteiger partial charge in [0, 0.05) is 61.4 Å². The van der Waals surface area contributed by atoms with Gasteiger partial charge in [0.1, 0.15) is 23.1 Å². The number of nitrogens with one attached hydrogen (secondary N) is 3. The number of aromatic nitrogens is 9. The molecule has 5 aromatic heterocycles. The van der Waals surface area contributed by atoms with E-state index in [9.17, 15) is 0 Å². The summed E-state index contributed by atoms with van der Waals surface area (Å²) in [5.41, 5.74) is 6.96. The number of imidazole rings is 1. The molecule has 292 valence electrons. The second-order valence-corrected chi connectivity index (χ2v) is 14.3. The molecule has 1 aliphatic rings. The second kappa shape index (κ2) is 17.6. The Hall–Kier alpha value is -6.35. The lowest BCUT2D eigenvalue weighted by Crippen LogP contribution is -2.32. The Balaban J connectivity index is 0.000000160. The summed E-state index contributed by atoms with van der Waals surface area (Å²) in [6.07, 6.45) is 9.77. The van der Waals surface area contributed by atoms with E-state index in [2.05, 4.69) is 70.0 Å². The third-order valence-corrected chi connectivity index (χ3v) is 10.2. The van der Waals surface area contributed by atoms with Crippen molar-refractivity contribution in [3.63, 3.8) is 0 Å². The molecule has 0 saturated carbocycles. The minimum atomic E-state index is 0.317. The second-order valence-electron chi connectivity index (χ2n) is 14.3. The standard InChI is InChI=1S/C22H25N5O2.C21H22N6O/c1-15(14-28-3)27(2)13-22-24-20-9-8-18(12-21(20)25-22)29-17-6-4-16(5-7-17)19-10-11-23-26-19;1-2-10-26(9-1)11-12-27-20-5-4-18(13-17(20)15-24-27)28-21-6-3-16(14-22-21)19-7-8-23-25-19/h4-12,15H,13-14H2,1-3H3,(H,23,26)(H,24,25);3-8,13-15H,1-2,9-12H2,(H,23,25)/t15-;/m0./s1. The molecular weight excluding hydrogens is 719 g/mol. The van der Waals surface area contributed by atoms with Gasteiger partial charge in [-0.05, 0) is 118 Å². The van der Waals surface area contributed by atoms with E-state index in [0.717, 1.165) is 87.2 Å². The molecule has 1 atom stereocenters. The molecule has 3 N–H and O–H groups in total. The fourth-order valence-electron chi connectivity index (χ4n) is 6.88. The molecule has 1 fully saturated rings. The zero-order chi connectivity index (χ0) is 39.0. The monoisotopic (exact) mass is 765 g/mol. The number of pyridine rings is 1. The molecule has 9 rings (SSSR count). The number of likely N-dealkylation sites (N-methyl/N-ethyl adjacent to an activating group) is 1. The highest BCUT2D eigenvalue weighted by Crippen LogP contribution is 2.28. The van der Waals surface area contributed by atoms with Gasteiger partial charge < -0.3 is 24.1 Å². The van der Waals surface area contributed by atoms with Crippen LogP contribution in [0.3, 0.4) is 0 Å². The Labute approximate surface area is 330 Å². The van der Waals surface area contributed by atoms with Crippen LogP contribution >= 0.6 is 0 Å². The van der Waals surface area contributed by atoms with Crippen LogP contribution < -0.4 is 9.47 Å². The van der Waals surface area contributed by atoms with Gasteiger partial charge in [-0.3, -0.25) is 19.8 Å². The van der Waals surface area contributed by atoms with Crippen LogP contribution in [0.2, 0.25) is 0 Å². The number of aromatic amines is 3. The van der Waals surface area contributed by atoms with Crippen molar-refractivity contribution in [2.45, 2.75) is 38.9 Å². The zero-order valence-corrected chi connectivity index (χ0v) is 32.4. The van der Waals surface area contributed by atoms with Crippen molar-refractivity contribution in [3.8, 4) is 45.6 Å². The Bertz CT molecular complexity index is 2450. The summed E-state index contributed by atoms with van der Waals surface area (Å²) < 4.78 is 19.2. The van der Waals surface area contributed by atoms with Crippen LogP contribution in [0.25, 0.3) is 44.5 Å². The zero-order valence-electron chi connectivity index (χ0n) is 32.4. The molecule has 1 saturated heterocycles. The van der Waals surface area contributed by atoms with E-state index in [1.165, 1.54) is 25.9 Å². The number of hydrogen-bond donors (Lipinski definition) is 3. The van der Waals surface area contributed by atoms with E-state index in [-0.39, 0.29) is 0 Å². The van der Waals surface area contributed by atoms with E-state index < -0.39 is 0 Å². The molecule has 8 aromatic rings. The molecule has 1 aliphatic heterocycles. The highest BCUT2D eigenvalue weighted by atomic mass is 16.5. The maximum Gasteiger partial charge on any atom is 0.219 e. The van der Waals surface area contributed by atoms with Crippen molar-refractivity contribution in [1.29, 1.82) is 0 Å². The first kappa shape index (κ1) is 37.6. The molecule has 57 heavy (non-hydrogen) atoms. The van der Waals surface area contributed by atoms with Crippen LogP contribution in [0, 0.1) is 0 Å². The van der Waals surface area contributed by atoms with Crippen molar-refractivity contribution in [3.05, 3.63) is 116 Å². The number of H-pyrrole nitrogens is 3. The van der Waals surface area contributed by atoms with Gasteiger partial charge in [-0.2, -0.15) is 15.3 Å². The van der Waals surface area contributed by atoms with Gasteiger partial charge >= 0.3 is 0 Å². The fraction of sp³-hybridized carbons (Fsp3) is 0.279. The summed E-state index contributed by atoms with van der Waals surface area (Å²) in [6.45, 7) is 7.95. The Morgan fingerprint density at radius 3 is 2.21 bits per heavy atom. The summed E-state index contributed by atoms with van der Waals surface area (Å²) in [5.74, 6) is 3.77. The summed E-state index contributed by atoms with van der Waals surface area (Å²) in [5, 5.41) is 19.5. The molecule has 0 amide bonds. The van der Waals surface area contributed by atoms with Crippen molar-refractivity contribution in [1.82, 2.24) is 54.9 Å². The fourth-order valence-corrected chi connectivity index (χ4v) is 6.88. The number of rotatable bonds is 14. The molecule has 3 aromatic carbocycles. The molecule has 0 radical (unpaired) electrons. The van der Waals surface area contributed by atoms with Crippen LogP contribution in [0.15, 0.2) is 110 Å². The first-order valence-corrected chi connectivity index (χ1v) is 19.2. The van der Waals surface area contributed by atoms with Gasteiger partial charge in [-0.25, -0.2) is 9.97 Å². The minimum Gasteiger partial charge on any atom is -0.457 e. The molecule has 0 bridgehead atoms. The predicted molar refractivity (Wildman–Crippen MR) is 220 cm³/mol. The van der Waals surface area contributed by atoms with Gasteiger partial charge in [0.2, 0.25) is 5.88 Å². The van der Waals surface area contributed by atoms with Crippen LogP contribution in [-0.4, -0.2) is 101 Å². The van der Waals surface area contributed by atoms with Crippen molar-refractivity contribution < 1.29 is 14.2 Å². The van der Waals surface area contributed by atoms with E-state index in [1.807, 2.05) is 85.1 Å². The lowest BCUT2D eigenvalue weighted by atomic mass is 10.1. The quantitative estimate of drug-likeness (QED) is 0.0996. The van der Waals surface area contributed by atoms with Gasteiger partial charge in [0.15, 0.2) is 0 Å². The van der Waals surface area contributed by atoms with Crippen LogP contribution in [0.1, 0.15) is 25.6 Å². The average Bonchev–Trinajstić information content (AvgIpc) is 4.09. The van der Waals surface area contributed by atoms with Crippen molar-refractivity contribution in [2.24, 2.45) is 0 Å². The van der Waals surface area contributed by atoms with E-state index in [4.69, 9.17) is 19.2 Å². The summed E-state index contributed by atoms with van der Waals surface area (Å²) in [6, 6.07) is 27.8. The molecule has 0 unspecified atom stereocenters. The third-order valence-electron chi connectivity index (χ3n) is 10.2. The highest BCUT2D eigenvalue weighted by molar-refractivity contribution is 5.80. The van der Waals surface area contributed by atoms with Crippen molar-refractivity contribution >= 4 is 21.9 Å². The largest absolute Gasteiger partial charge is 0.457 e. The molecule has 14 heteroatoms. The number of ether oxygens (including phenoxy) is 3. The SMILES string of the molecule is COC[C@H](C)N(C)Cc1nc2cc(Oc3ccc(-c4ccn[nH]4)cc3)ccc2[nH]1.c1cc(-c2ccc(Oc3ccc4c(cnn4CCN4CCCC4)c3)nc2)[nH]n1. The van der Waals surface area contributed by atoms with E-state index in [0.29, 0.717) is 18.5 Å². The van der Waals surface area contributed by atoms with Crippen LogP contribution in [0.5, 0.6) is 23.1 Å². The summed E-state index contributed by atoms with van der Waals surface area (Å²) in [4.78, 5) is 17.2. The molecule has 0 spiro atoms. The van der Waals surface area contributed by atoms with Gasteiger partial charge in [0.25, 0.3) is 0 Å². The Morgan fingerprint density at radius 1 is 0.772 bits per heavy atom. The van der Waals surface area contributed by atoms with Crippen LogP contribution in [0.4, 0.5) is 0 Å². The molecule has 0 aliphatic carbocycles.